The number of methoxy groups -OCH3 is 1. The zero-order valence-electron chi connectivity index (χ0n) is 12.8. The molecular formula is C16H18BrNO4. The van der Waals surface area contributed by atoms with E-state index in [-0.39, 0.29) is 11.5 Å². The zero-order valence-corrected chi connectivity index (χ0v) is 14.4. The molecular weight excluding hydrogens is 350 g/mol. The normalized spacial score (nSPS) is 10.7. The van der Waals surface area contributed by atoms with Gasteiger partial charge in [-0.15, -0.1) is 0 Å². The molecule has 22 heavy (non-hydrogen) atoms. The second kappa shape index (κ2) is 6.96. The predicted molar refractivity (Wildman–Crippen MR) is 88.6 cm³/mol. The van der Waals surface area contributed by atoms with Crippen molar-refractivity contribution in [3.63, 3.8) is 0 Å². The minimum Gasteiger partial charge on any atom is -0.493 e. The fourth-order valence-corrected chi connectivity index (χ4v) is 2.63. The number of carbonyl (C=O) groups is 1. The van der Waals surface area contributed by atoms with E-state index in [1.165, 1.54) is 12.0 Å². The van der Waals surface area contributed by atoms with Crippen LogP contribution in [0, 0.1) is 0 Å². The van der Waals surface area contributed by atoms with Gasteiger partial charge in [0.05, 0.1) is 7.11 Å². The minimum absolute atomic E-state index is 0.0336. The van der Waals surface area contributed by atoms with Crippen molar-refractivity contribution in [2.75, 3.05) is 20.7 Å². The largest absolute Gasteiger partial charge is 0.493 e. The fraction of sp³-hybridized carbons (Fsp3) is 0.375. The number of amides is 1. The number of ether oxygens (including phenoxy) is 1. The fourth-order valence-electron chi connectivity index (χ4n) is 2.17. The summed E-state index contributed by atoms with van der Waals surface area (Å²) in [6.07, 6.45) is 1.87. The number of benzene rings is 1. The summed E-state index contributed by atoms with van der Waals surface area (Å²) in [6, 6.07) is 5.04. The molecule has 0 unspecified atom stereocenters. The van der Waals surface area contributed by atoms with Gasteiger partial charge in [0.2, 0.25) is 0 Å². The van der Waals surface area contributed by atoms with Gasteiger partial charge in [0.1, 0.15) is 5.56 Å². The van der Waals surface area contributed by atoms with Crippen molar-refractivity contribution in [3.8, 4) is 5.75 Å². The summed E-state index contributed by atoms with van der Waals surface area (Å²) < 4.78 is 11.3. The lowest BCUT2D eigenvalue weighted by Gasteiger charge is -2.16. The van der Waals surface area contributed by atoms with Crippen LogP contribution in [0.25, 0.3) is 11.0 Å². The van der Waals surface area contributed by atoms with Crippen molar-refractivity contribution >= 4 is 32.8 Å². The number of rotatable bonds is 5. The average molecular weight is 368 g/mol. The Hall–Kier alpha value is -1.82. The van der Waals surface area contributed by atoms with Crippen LogP contribution in [0.3, 0.4) is 0 Å². The van der Waals surface area contributed by atoms with Crippen LogP contribution in [-0.4, -0.2) is 31.5 Å². The van der Waals surface area contributed by atoms with E-state index in [0.29, 0.717) is 23.3 Å². The molecule has 0 spiro atoms. The predicted octanol–water partition coefficient (Wildman–Crippen LogP) is 3.44. The molecule has 0 atom stereocenters. The number of carbonyl (C=O) groups excluding carboxylic acids is 1. The third-order valence-electron chi connectivity index (χ3n) is 3.41. The maximum atomic E-state index is 12.4. The number of halogens is 1. The Morgan fingerprint density at radius 1 is 1.36 bits per heavy atom. The number of hydrogen-bond donors (Lipinski definition) is 0. The molecule has 0 fully saturated rings. The lowest BCUT2D eigenvalue weighted by atomic mass is 10.1. The van der Waals surface area contributed by atoms with Gasteiger partial charge in [0, 0.05) is 23.5 Å². The molecule has 1 heterocycles. The Bertz CT molecular complexity index is 754. The summed E-state index contributed by atoms with van der Waals surface area (Å²) in [4.78, 5) is 26.0. The molecule has 0 saturated heterocycles. The van der Waals surface area contributed by atoms with Crippen molar-refractivity contribution < 1.29 is 13.9 Å². The maximum Gasteiger partial charge on any atom is 0.349 e. The van der Waals surface area contributed by atoms with Crippen LogP contribution in [0.15, 0.2) is 31.9 Å². The van der Waals surface area contributed by atoms with Gasteiger partial charge in [-0.1, -0.05) is 29.3 Å². The van der Waals surface area contributed by atoms with Crippen molar-refractivity contribution in [2.45, 2.75) is 19.8 Å². The minimum atomic E-state index is -0.651. The summed E-state index contributed by atoms with van der Waals surface area (Å²) in [6.45, 7) is 2.65. The highest BCUT2D eigenvalue weighted by atomic mass is 79.9. The SMILES string of the molecule is CCCCN(C)C(=O)c1cc2cc(Br)cc(OC)c2oc1=O. The van der Waals surface area contributed by atoms with Gasteiger partial charge < -0.3 is 14.1 Å². The molecule has 0 radical (unpaired) electrons. The lowest BCUT2D eigenvalue weighted by molar-refractivity contribution is 0.0789. The molecule has 0 aliphatic heterocycles. The van der Waals surface area contributed by atoms with E-state index in [1.54, 1.807) is 25.2 Å². The quantitative estimate of drug-likeness (QED) is 0.759. The Morgan fingerprint density at radius 2 is 2.09 bits per heavy atom. The smallest absolute Gasteiger partial charge is 0.349 e. The number of hydrogen-bond acceptors (Lipinski definition) is 4. The molecule has 1 aromatic carbocycles. The molecule has 0 saturated carbocycles. The number of unbranched alkanes of at least 4 members (excludes halogenated alkanes) is 1. The Kier molecular flexibility index (Phi) is 5.24. The van der Waals surface area contributed by atoms with E-state index < -0.39 is 5.63 Å². The van der Waals surface area contributed by atoms with Crippen LogP contribution in [-0.2, 0) is 0 Å². The van der Waals surface area contributed by atoms with Gasteiger partial charge in [-0.2, -0.15) is 0 Å². The Labute approximate surface area is 137 Å². The lowest BCUT2D eigenvalue weighted by Crippen LogP contribution is -2.31. The standard InChI is InChI=1S/C16H18BrNO4/c1-4-5-6-18(2)15(19)12-8-10-7-11(17)9-13(21-3)14(10)22-16(12)20/h7-9H,4-6H2,1-3H3. The number of fused-ring (bicyclic) bond motifs is 1. The van der Waals surface area contributed by atoms with Crippen LogP contribution in [0.2, 0.25) is 0 Å². The first-order valence-corrected chi connectivity index (χ1v) is 7.84. The van der Waals surface area contributed by atoms with Crippen LogP contribution in [0.4, 0.5) is 0 Å². The highest BCUT2D eigenvalue weighted by molar-refractivity contribution is 9.10. The van der Waals surface area contributed by atoms with Gasteiger partial charge in [-0.05, 0) is 24.6 Å². The molecule has 2 aromatic rings. The first kappa shape index (κ1) is 16.5. The zero-order chi connectivity index (χ0) is 16.3. The summed E-state index contributed by atoms with van der Waals surface area (Å²) >= 11 is 3.37. The van der Waals surface area contributed by atoms with E-state index >= 15 is 0 Å². The topological polar surface area (TPSA) is 59.8 Å². The van der Waals surface area contributed by atoms with Gasteiger partial charge in [-0.25, -0.2) is 4.79 Å². The monoisotopic (exact) mass is 367 g/mol. The molecule has 5 nitrogen and oxygen atoms in total. The molecule has 0 N–H and O–H groups in total. The van der Waals surface area contributed by atoms with Crippen LogP contribution in [0.5, 0.6) is 5.75 Å². The molecule has 0 bridgehead atoms. The second-order valence-electron chi connectivity index (χ2n) is 5.05. The van der Waals surface area contributed by atoms with E-state index in [4.69, 9.17) is 9.15 Å². The van der Waals surface area contributed by atoms with E-state index in [2.05, 4.69) is 15.9 Å². The van der Waals surface area contributed by atoms with E-state index in [0.717, 1.165) is 17.3 Å². The first-order valence-electron chi connectivity index (χ1n) is 7.04. The van der Waals surface area contributed by atoms with Gasteiger partial charge in [0.25, 0.3) is 5.91 Å². The summed E-state index contributed by atoms with van der Waals surface area (Å²) in [5, 5.41) is 0.637. The molecule has 118 valence electrons. The van der Waals surface area contributed by atoms with Crippen LogP contribution >= 0.6 is 15.9 Å². The summed E-state index contributed by atoms with van der Waals surface area (Å²) in [5.41, 5.74) is -0.281. The van der Waals surface area contributed by atoms with E-state index in [1.807, 2.05) is 6.92 Å². The molecule has 6 heteroatoms. The molecule has 0 aliphatic carbocycles. The Balaban J connectivity index is 2.50. The average Bonchev–Trinajstić information content (AvgIpc) is 2.50. The molecule has 2 rings (SSSR count). The third kappa shape index (κ3) is 3.32. The second-order valence-corrected chi connectivity index (χ2v) is 5.97. The van der Waals surface area contributed by atoms with Crippen molar-refractivity contribution in [1.29, 1.82) is 0 Å². The highest BCUT2D eigenvalue weighted by Crippen LogP contribution is 2.29. The highest BCUT2D eigenvalue weighted by Gasteiger charge is 2.19. The van der Waals surface area contributed by atoms with Crippen LogP contribution < -0.4 is 10.4 Å². The van der Waals surface area contributed by atoms with Gasteiger partial charge in [0.15, 0.2) is 11.3 Å². The molecule has 1 aromatic heterocycles. The van der Waals surface area contributed by atoms with Crippen molar-refractivity contribution in [3.05, 3.63) is 38.7 Å². The molecule has 0 aliphatic rings. The summed E-state index contributed by atoms with van der Waals surface area (Å²) in [7, 11) is 3.18. The summed E-state index contributed by atoms with van der Waals surface area (Å²) in [5.74, 6) is 0.114. The Morgan fingerprint density at radius 3 is 2.73 bits per heavy atom. The van der Waals surface area contributed by atoms with E-state index in [9.17, 15) is 9.59 Å². The van der Waals surface area contributed by atoms with Crippen molar-refractivity contribution in [1.82, 2.24) is 4.90 Å². The number of nitrogens with zero attached hydrogens (tertiary/aromatic N) is 1. The van der Waals surface area contributed by atoms with Gasteiger partial charge >= 0.3 is 5.63 Å². The molecule has 1 amide bonds. The van der Waals surface area contributed by atoms with Gasteiger partial charge in [-0.3, -0.25) is 4.79 Å². The third-order valence-corrected chi connectivity index (χ3v) is 3.86. The maximum absolute atomic E-state index is 12.4. The first-order chi connectivity index (χ1) is 10.5. The van der Waals surface area contributed by atoms with Crippen molar-refractivity contribution in [2.24, 2.45) is 0 Å². The van der Waals surface area contributed by atoms with Crippen LogP contribution in [0.1, 0.15) is 30.1 Å².